The Balaban J connectivity index is 1.80. The first-order valence-corrected chi connectivity index (χ1v) is 9.90. The molecule has 2 amide bonds. The van der Waals surface area contributed by atoms with Crippen molar-refractivity contribution in [3.8, 4) is 0 Å². The predicted octanol–water partition coefficient (Wildman–Crippen LogP) is 4.44. The Morgan fingerprint density at radius 3 is 2.63 bits per heavy atom. The molecule has 2 aromatic rings. The minimum atomic E-state index is -4.45. The van der Waals surface area contributed by atoms with Crippen molar-refractivity contribution < 1.29 is 22.8 Å². The van der Waals surface area contributed by atoms with Gasteiger partial charge in [-0.05, 0) is 50.1 Å². The monoisotopic (exact) mass is 419 g/mol. The summed E-state index contributed by atoms with van der Waals surface area (Å²) in [5.41, 5.74) is 0.245. The SMILES string of the molecule is CCNC(=O)C1CCCN(C(=O)c2ccccc2Nc2cccc(C(F)(F)F)c2)C1. The molecule has 1 atom stereocenters. The van der Waals surface area contributed by atoms with Crippen LogP contribution in [0.2, 0.25) is 0 Å². The van der Waals surface area contributed by atoms with Crippen LogP contribution >= 0.6 is 0 Å². The first-order chi connectivity index (χ1) is 14.3. The van der Waals surface area contributed by atoms with Gasteiger partial charge >= 0.3 is 6.18 Å². The molecule has 1 heterocycles. The van der Waals surface area contributed by atoms with E-state index in [1.165, 1.54) is 12.1 Å². The van der Waals surface area contributed by atoms with Crippen LogP contribution in [0.5, 0.6) is 0 Å². The van der Waals surface area contributed by atoms with Crippen LogP contribution in [-0.2, 0) is 11.0 Å². The number of amides is 2. The van der Waals surface area contributed by atoms with E-state index in [4.69, 9.17) is 0 Å². The molecule has 2 aromatic carbocycles. The summed E-state index contributed by atoms with van der Waals surface area (Å²) < 4.78 is 39.0. The number of para-hydroxylation sites is 1. The fraction of sp³-hybridized carbons (Fsp3) is 0.364. The van der Waals surface area contributed by atoms with Crippen molar-refractivity contribution in [3.63, 3.8) is 0 Å². The van der Waals surface area contributed by atoms with E-state index in [2.05, 4.69) is 10.6 Å². The van der Waals surface area contributed by atoms with Crippen molar-refractivity contribution in [3.05, 3.63) is 59.7 Å². The van der Waals surface area contributed by atoms with Crippen LogP contribution in [0.15, 0.2) is 48.5 Å². The molecule has 0 saturated carbocycles. The smallest absolute Gasteiger partial charge is 0.356 e. The molecule has 1 fully saturated rings. The van der Waals surface area contributed by atoms with Gasteiger partial charge in [0, 0.05) is 25.3 Å². The molecular formula is C22H24F3N3O2. The number of anilines is 2. The second-order valence-corrected chi connectivity index (χ2v) is 7.23. The molecule has 8 heteroatoms. The van der Waals surface area contributed by atoms with Gasteiger partial charge in [0.1, 0.15) is 0 Å². The fourth-order valence-electron chi connectivity index (χ4n) is 3.57. The van der Waals surface area contributed by atoms with Crippen molar-refractivity contribution in [2.24, 2.45) is 5.92 Å². The van der Waals surface area contributed by atoms with Crippen molar-refractivity contribution in [1.82, 2.24) is 10.2 Å². The summed E-state index contributed by atoms with van der Waals surface area (Å²) in [5, 5.41) is 5.73. The van der Waals surface area contributed by atoms with Crippen molar-refractivity contribution in [1.29, 1.82) is 0 Å². The Bertz CT molecular complexity index is 914. The van der Waals surface area contributed by atoms with E-state index in [9.17, 15) is 22.8 Å². The minimum Gasteiger partial charge on any atom is -0.356 e. The first kappa shape index (κ1) is 21.7. The van der Waals surface area contributed by atoms with E-state index in [1.807, 2.05) is 6.92 Å². The molecule has 1 unspecified atom stereocenters. The van der Waals surface area contributed by atoms with Gasteiger partial charge in [-0.25, -0.2) is 0 Å². The molecule has 3 rings (SSSR count). The highest BCUT2D eigenvalue weighted by Gasteiger charge is 2.31. The number of rotatable bonds is 5. The Morgan fingerprint density at radius 2 is 1.90 bits per heavy atom. The van der Waals surface area contributed by atoms with Crippen LogP contribution in [0.4, 0.5) is 24.5 Å². The second-order valence-electron chi connectivity index (χ2n) is 7.23. The minimum absolute atomic E-state index is 0.0645. The summed E-state index contributed by atoms with van der Waals surface area (Å²) in [6.07, 6.45) is -3.01. The van der Waals surface area contributed by atoms with E-state index in [0.29, 0.717) is 30.9 Å². The molecule has 5 nitrogen and oxygen atoms in total. The fourth-order valence-corrected chi connectivity index (χ4v) is 3.57. The maximum Gasteiger partial charge on any atom is 0.416 e. The zero-order valence-electron chi connectivity index (χ0n) is 16.6. The number of hydrogen-bond acceptors (Lipinski definition) is 3. The number of alkyl halides is 3. The summed E-state index contributed by atoms with van der Waals surface area (Å²) in [6.45, 7) is 3.24. The Kier molecular flexibility index (Phi) is 6.64. The van der Waals surface area contributed by atoms with Crippen LogP contribution in [0.3, 0.4) is 0 Å². The van der Waals surface area contributed by atoms with Crippen LogP contribution in [0, 0.1) is 5.92 Å². The van der Waals surface area contributed by atoms with E-state index in [-0.39, 0.29) is 23.4 Å². The zero-order valence-corrected chi connectivity index (χ0v) is 16.6. The summed E-state index contributed by atoms with van der Waals surface area (Å²) >= 11 is 0. The van der Waals surface area contributed by atoms with Crippen LogP contribution in [0.1, 0.15) is 35.7 Å². The number of nitrogens with zero attached hydrogens (tertiary/aromatic N) is 1. The average molecular weight is 419 g/mol. The van der Waals surface area contributed by atoms with Crippen molar-refractivity contribution >= 4 is 23.2 Å². The lowest BCUT2D eigenvalue weighted by atomic mass is 9.96. The number of hydrogen-bond donors (Lipinski definition) is 2. The highest BCUT2D eigenvalue weighted by molar-refractivity contribution is 6.00. The summed E-state index contributed by atoms with van der Waals surface area (Å²) in [7, 11) is 0. The summed E-state index contributed by atoms with van der Waals surface area (Å²) in [5.74, 6) is -0.573. The first-order valence-electron chi connectivity index (χ1n) is 9.90. The van der Waals surface area contributed by atoms with Gasteiger partial charge in [0.25, 0.3) is 5.91 Å². The highest BCUT2D eigenvalue weighted by Crippen LogP contribution is 2.32. The third-order valence-electron chi connectivity index (χ3n) is 5.06. The molecule has 0 aliphatic carbocycles. The molecule has 0 bridgehead atoms. The molecule has 0 aromatic heterocycles. The molecule has 30 heavy (non-hydrogen) atoms. The largest absolute Gasteiger partial charge is 0.416 e. The van der Waals surface area contributed by atoms with Gasteiger partial charge in [0.15, 0.2) is 0 Å². The number of benzene rings is 2. The third-order valence-corrected chi connectivity index (χ3v) is 5.06. The number of carbonyl (C=O) groups is 2. The second kappa shape index (κ2) is 9.19. The van der Waals surface area contributed by atoms with Gasteiger partial charge in [0.05, 0.1) is 22.7 Å². The Labute approximate surface area is 173 Å². The van der Waals surface area contributed by atoms with Gasteiger partial charge in [0.2, 0.25) is 5.91 Å². The highest BCUT2D eigenvalue weighted by atomic mass is 19.4. The maximum atomic E-state index is 13.1. The molecule has 1 aliphatic rings. The van der Waals surface area contributed by atoms with Gasteiger partial charge in [-0.2, -0.15) is 13.2 Å². The van der Waals surface area contributed by atoms with Crippen LogP contribution < -0.4 is 10.6 Å². The number of piperidine rings is 1. The van der Waals surface area contributed by atoms with Gasteiger partial charge in [-0.15, -0.1) is 0 Å². The molecule has 0 radical (unpaired) electrons. The summed E-state index contributed by atoms with van der Waals surface area (Å²) in [6, 6.07) is 11.5. The lowest BCUT2D eigenvalue weighted by Gasteiger charge is -2.32. The average Bonchev–Trinajstić information content (AvgIpc) is 2.73. The molecular weight excluding hydrogens is 395 g/mol. The molecule has 160 valence electrons. The van der Waals surface area contributed by atoms with Crippen molar-refractivity contribution in [2.75, 3.05) is 25.0 Å². The molecule has 1 saturated heterocycles. The van der Waals surface area contributed by atoms with E-state index >= 15 is 0 Å². The van der Waals surface area contributed by atoms with Gasteiger partial charge < -0.3 is 15.5 Å². The maximum absolute atomic E-state index is 13.1. The van der Waals surface area contributed by atoms with Crippen molar-refractivity contribution in [2.45, 2.75) is 25.9 Å². The van der Waals surface area contributed by atoms with Crippen LogP contribution in [-0.4, -0.2) is 36.3 Å². The lowest BCUT2D eigenvalue weighted by Crippen LogP contribution is -2.45. The molecule has 0 spiro atoms. The third kappa shape index (κ3) is 5.11. The van der Waals surface area contributed by atoms with E-state index in [0.717, 1.165) is 25.0 Å². The zero-order chi connectivity index (χ0) is 21.7. The quantitative estimate of drug-likeness (QED) is 0.753. The number of carbonyl (C=O) groups excluding carboxylic acids is 2. The standard InChI is InChI=1S/C22H24F3N3O2/c1-2-26-20(29)15-7-6-12-28(14-15)21(30)18-10-3-4-11-19(18)27-17-9-5-8-16(13-17)22(23,24)25/h3-5,8-11,13,15,27H,2,6-7,12,14H2,1H3,(H,26,29). The predicted molar refractivity (Wildman–Crippen MR) is 108 cm³/mol. The van der Waals surface area contributed by atoms with Gasteiger partial charge in [-0.1, -0.05) is 18.2 Å². The topological polar surface area (TPSA) is 61.4 Å². The van der Waals surface area contributed by atoms with E-state index in [1.54, 1.807) is 29.2 Å². The number of halogens is 3. The van der Waals surface area contributed by atoms with Crippen LogP contribution in [0.25, 0.3) is 0 Å². The Morgan fingerprint density at radius 1 is 1.13 bits per heavy atom. The Hall–Kier alpha value is -3.03. The van der Waals surface area contributed by atoms with E-state index < -0.39 is 11.7 Å². The lowest BCUT2D eigenvalue weighted by molar-refractivity contribution is -0.137. The molecule has 1 aliphatic heterocycles. The number of nitrogens with one attached hydrogen (secondary N) is 2. The normalized spacial score (nSPS) is 16.8. The number of likely N-dealkylation sites (tertiary alicyclic amines) is 1. The molecule has 2 N–H and O–H groups in total. The van der Waals surface area contributed by atoms with Gasteiger partial charge in [-0.3, -0.25) is 9.59 Å². The summed E-state index contributed by atoms with van der Waals surface area (Å²) in [4.78, 5) is 26.9.